The molecule has 5 nitrogen and oxygen atoms in total. The normalized spacial score (nSPS) is 8.67. The summed E-state index contributed by atoms with van der Waals surface area (Å²) in [6.45, 7) is 3.72. The minimum atomic E-state index is -0.833. The zero-order valence-electron chi connectivity index (χ0n) is 9.49. The second kappa shape index (κ2) is 12.7. The summed E-state index contributed by atoms with van der Waals surface area (Å²) in [7, 11) is 0. The molecular formula is C10H21NO4. The molecule has 0 saturated heterocycles. The van der Waals surface area contributed by atoms with Gasteiger partial charge in [-0.1, -0.05) is 32.6 Å². The molecule has 1 amide bonds. The van der Waals surface area contributed by atoms with E-state index >= 15 is 0 Å². The van der Waals surface area contributed by atoms with Crippen LogP contribution in [0.4, 0.5) is 4.79 Å². The SMILES string of the molecule is CC(=O)O.CCCCCCCOC(N)=O. The number of amides is 1. The molecule has 0 radical (unpaired) electrons. The maximum Gasteiger partial charge on any atom is 0.404 e. The summed E-state index contributed by atoms with van der Waals surface area (Å²) < 4.78 is 4.56. The van der Waals surface area contributed by atoms with Crippen LogP contribution in [-0.2, 0) is 9.53 Å². The van der Waals surface area contributed by atoms with Crippen molar-refractivity contribution >= 4 is 12.1 Å². The number of ether oxygens (including phenoxy) is 1. The Hall–Kier alpha value is -1.26. The molecule has 0 aliphatic heterocycles. The zero-order valence-corrected chi connectivity index (χ0v) is 9.49. The highest BCUT2D eigenvalue weighted by molar-refractivity contribution is 5.64. The maximum atomic E-state index is 10.1. The van der Waals surface area contributed by atoms with E-state index < -0.39 is 12.1 Å². The number of aliphatic carboxylic acids is 1. The van der Waals surface area contributed by atoms with Crippen molar-refractivity contribution in [1.82, 2.24) is 0 Å². The number of nitrogens with two attached hydrogens (primary N) is 1. The molecule has 0 bridgehead atoms. The first-order valence-electron chi connectivity index (χ1n) is 5.12. The van der Waals surface area contributed by atoms with Crippen LogP contribution >= 0.6 is 0 Å². The second-order valence-corrected chi connectivity index (χ2v) is 3.10. The molecule has 0 aromatic rings. The van der Waals surface area contributed by atoms with Gasteiger partial charge in [0.1, 0.15) is 0 Å². The van der Waals surface area contributed by atoms with Gasteiger partial charge in [0.2, 0.25) is 0 Å². The number of carboxylic acids is 1. The van der Waals surface area contributed by atoms with Crippen LogP contribution in [-0.4, -0.2) is 23.8 Å². The Balaban J connectivity index is 0. The van der Waals surface area contributed by atoms with Crippen molar-refractivity contribution in [2.75, 3.05) is 6.61 Å². The van der Waals surface area contributed by atoms with Crippen molar-refractivity contribution in [1.29, 1.82) is 0 Å². The first-order chi connectivity index (χ1) is 7.00. The van der Waals surface area contributed by atoms with Crippen LogP contribution in [0.3, 0.4) is 0 Å². The van der Waals surface area contributed by atoms with Gasteiger partial charge in [-0.15, -0.1) is 0 Å². The number of hydrogen-bond donors (Lipinski definition) is 2. The van der Waals surface area contributed by atoms with Crippen LogP contribution in [0.5, 0.6) is 0 Å². The van der Waals surface area contributed by atoms with Crippen molar-refractivity contribution in [2.24, 2.45) is 5.73 Å². The lowest BCUT2D eigenvalue weighted by Gasteiger charge is -2.00. The molecule has 0 atom stereocenters. The molecule has 0 rings (SSSR count). The van der Waals surface area contributed by atoms with Crippen molar-refractivity contribution in [3.63, 3.8) is 0 Å². The van der Waals surface area contributed by atoms with Crippen LogP contribution in [0, 0.1) is 0 Å². The minimum absolute atomic E-state index is 0.471. The highest BCUT2D eigenvalue weighted by atomic mass is 16.5. The van der Waals surface area contributed by atoms with Crippen molar-refractivity contribution in [3.8, 4) is 0 Å². The van der Waals surface area contributed by atoms with Gasteiger partial charge in [0, 0.05) is 6.92 Å². The third-order valence-corrected chi connectivity index (χ3v) is 1.49. The van der Waals surface area contributed by atoms with Gasteiger partial charge in [0.15, 0.2) is 0 Å². The Bertz CT molecular complexity index is 167. The topological polar surface area (TPSA) is 89.6 Å². The number of unbranched alkanes of at least 4 members (excludes halogenated alkanes) is 4. The van der Waals surface area contributed by atoms with Gasteiger partial charge in [0.25, 0.3) is 5.97 Å². The molecular weight excluding hydrogens is 198 g/mol. The monoisotopic (exact) mass is 219 g/mol. The summed E-state index contributed by atoms with van der Waals surface area (Å²) in [6, 6.07) is 0. The van der Waals surface area contributed by atoms with E-state index in [1.807, 2.05) is 0 Å². The van der Waals surface area contributed by atoms with Gasteiger partial charge < -0.3 is 15.6 Å². The summed E-state index contributed by atoms with van der Waals surface area (Å²) in [6.07, 6.45) is 5.11. The Morgan fingerprint density at radius 2 is 1.67 bits per heavy atom. The lowest BCUT2D eigenvalue weighted by Crippen LogP contribution is -2.13. The van der Waals surface area contributed by atoms with Crippen LogP contribution in [0.2, 0.25) is 0 Å². The van der Waals surface area contributed by atoms with Crippen molar-refractivity contribution in [3.05, 3.63) is 0 Å². The summed E-state index contributed by atoms with van der Waals surface area (Å²) in [5, 5.41) is 7.42. The van der Waals surface area contributed by atoms with E-state index in [9.17, 15) is 4.79 Å². The molecule has 0 aliphatic carbocycles. The first kappa shape index (κ1) is 16.2. The highest BCUT2D eigenvalue weighted by Crippen LogP contribution is 2.01. The number of rotatable bonds is 6. The molecule has 0 aliphatic rings. The first-order valence-corrected chi connectivity index (χ1v) is 5.12. The molecule has 0 unspecified atom stereocenters. The van der Waals surface area contributed by atoms with E-state index in [-0.39, 0.29) is 0 Å². The number of primary amides is 1. The molecule has 90 valence electrons. The third-order valence-electron chi connectivity index (χ3n) is 1.49. The van der Waals surface area contributed by atoms with Crippen LogP contribution < -0.4 is 5.73 Å². The highest BCUT2D eigenvalue weighted by Gasteiger charge is 1.92. The van der Waals surface area contributed by atoms with Gasteiger partial charge in [-0.2, -0.15) is 0 Å². The Kier molecular flexibility index (Phi) is 13.7. The lowest BCUT2D eigenvalue weighted by atomic mass is 10.2. The summed E-state index contributed by atoms with van der Waals surface area (Å²) >= 11 is 0. The molecule has 0 aromatic carbocycles. The predicted molar refractivity (Wildman–Crippen MR) is 57.6 cm³/mol. The standard InChI is InChI=1S/C8H17NO2.C2H4O2/c1-2-3-4-5-6-7-11-8(9)10;1-2(3)4/h2-7H2,1H3,(H2,9,10);1H3,(H,3,4). The van der Waals surface area contributed by atoms with Crippen LogP contribution in [0.25, 0.3) is 0 Å². The van der Waals surface area contributed by atoms with E-state index in [1.165, 1.54) is 19.3 Å². The fourth-order valence-corrected chi connectivity index (χ4v) is 0.878. The quantitative estimate of drug-likeness (QED) is 0.670. The Morgan fingerprint density at radius 1 is 1.20 bits per heavy atom. The van der Waals surface area contributed by atoms with Gasteiger partial charge in [-0.3, -0.25) is 4.79 Å². The predicted octanol–water partition coefficient (Wildman–Crippen LogP) is 2.14. The summed E-state index contributed by atoms with van der Waals surface area (Å²) in [4.78, 5) is 19.1. The van der Waals surface area contributed by atoms with E-state index in [0.29, 0.717) is 6.61 Å². The van der Waals surface area contributed by atoms with E-state index in [2.05, 4.69) is 11.7 Å². The molecule has 0 saturated carbocycles. The van der Waals surface area contributed by atoms with Gasteiger partial charge in [0.05, 0.1) is 6.61 Å². The molecule has 0 aromatic heterocycles. The molecule has 5 heteroatoms. The second-order valence-electron chi connectivity index (χ2n) is 3.10. The van der Waals surface area contributed by atoms with E-state index in [4.69, 9.17) is 15.6 Å². The van der Waals surface area contributed by atoms with E-state index in [1.54, 1.807) is 0 Å². The number of hydrogen-bond acceptors (Lipinski definition) is 3. The van der Waals surface area contributed by atoms with Crippen molar-refractivity contribution in [2.45, 2.75) is 46.0 Å². The fourth-order valence-electron chi connectivity index (χ4n) is 0.878. The third kappa shape index (κ3) is 32.3. The minimum Gasteiger partial charge on any atom is -0.481 e. The smallest absolute Gasteiger partial charge is 0.404 e. The Morgan fingerprint density at radius 3 is 2.07 bits per heavy atom. The van der Waals surface area contributed by atoms with Gasteiger partial charge in [-0.05, 0) is 6.42 Å². The van der Waals surface area contributed by atoms with Crippen LogP contribution in [0.1, 0.15) is 46.0 Å². The molecule has 0 spiro atoms. The molecule has 15 heavy (non-hydrogen) atoms. The maximum absolute atomic E-state index is 10.1. The summed E-state index contributed by atoms with van der Waals surface area (Å²) in [5.41, 5.74) is 4.77. The van der Waals surface area contributed by atoms with E-state index in [0.717, 1.165) is 19.8 Å². The Labute approximate surface area is 90.6 Å². The number of carbonyl (C=O) groups excluding carboxylic acids is 1. The zero-order chi connectivity index (χ0) is 12.1. The van der Waals surface area contributed by atoms with Crippen molar-refractivity contribution < 1.29 is 19.4 Å². The van der Waals surface area contributed by atoms with Crippen LogP contribution in [0.15, 0.2) is 0 Å². The molecule has 3 N–H and O–H groups in total. The fraction of sp³-hybridized carbons (Fsp3) is 0.800. The number of carboxylic acid groups (broad SMARTS) is 1. The summed E-state index contributed by atoms with van der Waals surface area (Å²) in [5.74, 6) is -0.833. The molecule has 0 heterocycles. The average Bonchev–Trinajstić information content (AvgIpc) is 2.09. The lowest BCUT2D eigenvalue weighted by molar-refractivity contribution is -0.134. The largest absolute Gasteiger partial charge is 0.481 e. The van der Waals surface area contributed by atoms with Gasteiger partial charge >= 0.3 is 6.09 Å². The molecule has 0 fully saturated rings. The average molecular weight is 219 g/mol. The van der Waals surface area contributed by atoms with Gasteiger partial charge in [-0.25, -0.2) is 4.79 Å². The number of carbonyl (C=O) groups is 2.